The van der Waals surface area contributed by atoms with Gasteiger partial charge in [-0.2, -0.15) is 0 Å². The molecule has 1 aliphatic rings. The van der Waals surface area contributed by atoms with E-state index in [0.717, 1.165) is 31.7 Å². The fourth-order valence-electron chi connectivity index (χ4n) is 3.45. The van der Waals surface area contributed by atoms with Crippen LogP contribution < -0.4 is 16.0 Å². The zero-order valence-corrected chi connectivity index (χ0v) is 17.3. The van der Waals surface area contributed by atoms with Gasteiger partial charge in [0.05, 0.1) is 5.69 Å². The summed E-state index contributed by atoms with van der Waals surface area (Å²) in [6.45, 7) is 7.20. The van der Waals surface area contributed by atoms with Gasteiger partial charge in [-0.3, -0.25) is 9.69 Å². The van der Waals surface area contributed by atoms with Gasteiger partial charge in [-0.1, -0.05) is 25.4 Å². The van der Waals surface area contributed by atoms with Gasteiger partial charge in [0.2, 0.25) is 0 Å². The van der Waals surface area contributed by atoms with Crippen LogP contribution >= 0.6 is 11.6 Å². The van der Waals surface area contributed by atoms with Gasteiger partial charge in [0.1, 0.15) is 0 Å². The van der Waals surface area contributed by atoms with Crippen molar-refractivity contribution in [3.8, 4) is 0 Å². The van der Waals surface area contributed by atoms with Gasteiger partial charge in [-0.25, -0.2) is 9.97 Å². The number of nitrogens with zero attached hydrogens (tertiary/aromatic N) is 4. The normalized spacial score (nSPS) is 17.6. The maximum absolute atomic E-state index is 11.8. The van der Waals surface area contributed by atoms with E-state index in [1.54, 1.807) is 0 Å². The number of aryl methyl sites for hydroxylation is 1. The van der Waals surface area contributed by atoms with Crippen molar-refractivity contribution in [3.05, 3.63) is 40.8 Å². The SMILES string of the molecule is CCc1nc(C(N)=O)c(Nc2ccc(N3CCN(C)[C@@H](CC)C3)cc2)nc1Cl. The number of hydrogen-bond acceptors (Lipinski definition) is 6. The van der Waals surface area contributed by atoms with Crippen LogP contribution in [-0.4, -0.2) is 53.5 Å². The zero-order chi connectivity index (χ0) is 20.3. The summed E-state index contributed by atoms with van der Waals surface area (Å²) >= 11 is 6.16. The third-order valence-electron chi connectivity index (χ3n) is 5.23. The quantitative estimate of drug-likeness (QED) is 0.772. The number of rotatable bonds is 6. The summed E-state index contributed by atoms with van der Waals surface area (Å²) in [5, 5.41) is 3.39. The molecule has 1 saturated heterocycles. The molecule has 0 unspecified atom stereocenters. The van der Waals surface area contributed by atoms with Crippen LogP contribution in [0.1, 0.15) is 36.5 Å². The molecule has 1 atom stereocenters. The lowest BCUT2D eigenvalue weighted by molar-refractivity contribution is 0.0996. The van der Waals surface area contributed by atoms with Crippen LogP contribution in [0.2, 0.25) is 5.15 Å². The van der Waals surface area contributed by atoms with Gasteiger partial charge in [0, 0.05) is 37.1 Å². The minimum absolute atomic E-state index is 0.0928. The Balaban J connectivity index is 1.78. The highest BCUT2D eigenvalue weighted by molar-refractivity contribution is 6.30. The highest BCUT2D eigenvalue weighted by Gasteiger charge is 2.23. The molecule has 0 saturated carbocycles. The molecular formula is C20H27ClN6O. The van der Waals surface area contributed by atoms with Crippen molar-refractivity contribution < 1.29 is 4.79 Å². The van der Waals surface area contributed by atoms with E-state index >= 15 is 0 Å². The number of benzene rings is 1. The minimum Gasteiger partial charge on any atom is -0.369 e. The summed E-state index contributed by atoms with van der Waals surface area (Å²) in [5.41, 5.74) is 8.08. The van der Waals surface area contributed by atoms with Gasteiger partial charge in [0.15, 0.2) is 16.7 Å². The van der Waals surface area contributed by atoms with E-state index in [2.05, 4.69) is 51.2 Å². The standard InChI is InChI=1S/C20H27ClN6O/c1-4-14-12-27(11-10-26(14)3)15-8-6-13(7-9-15)23-20-17(19(22)28)24-16(5-2)18(21)25-20/h6-9,14H,4-5,10-12H2,1-3H3,(H2,22,28)(H,23,25)/t14-/m0/s1. The maximum Gasteiger partial charge on any atom is 0.271 e. The molecule has 1 aromatic heterocycles. The second-order valence-corrected chi connectivity index (χ2v) is 7.39. The molecule has 1 amide bonds. The van der Waals surface area contributed by atoms with Crippen molar-refractivity contribution in [2.75, 3.05) is 36.9 Å². The smallest absolute Gasteiger partial charge is 0.271 e. The van der Waals surface area contributed by atoms with E-state index in [-0.39, 0.29) is 16.7 Å². The molecule has 7 nitrogen and oxygen atoms in total. The first-order valence-electron chi connectivity index (χ1n) is 9.61. The Bertz CT molecular complexity index is 841. The number of carbonyl (C=O) groups excluding carboxylic acids is 1. The maximum atomic E-state index is 11.8. The van der Waals surface area contributed by atoms with Crippen LogP contribution in [0.5, 0.6) is 0 Å². The molecule has 8 heteroatoms. The number of nitrogens with one attached hydrogen (secondary N) is 1. The van der Waals surface area contributed by atoms with E-state index in [1.807, 2.05) is 19.1 Å². The van der Waals surface area contributed by atoms with Crippen molar-refractivity contribution >= 4 is 34.7 Å². The third-order valence-corrected chi connectivity index (χ3v) is 5.53. The predicted octanol–water partition coefficient (Wildman–Crippen LogP) is 3.07. The predicted molar refractivity (Wildman–Crippen MR) is 114 cm³/mol. The second-order valence-electron chi connectivity index (χ2n) is 7.04. The number of halogens is 1. The van der Waals surface area contributed by atoms with E-state index in [4.69, 9.17) is 17.3 Å². The Hall–Kier alpha value is -2.38. The number of nitrogens with two attached hydrogens (primary N) is 1. The Morgan fingerprint density at radius 3 is 2.57 bits per heavy atom. The lowest BCUT2D eigenvalue weighted by Crippen LogP contribution is -2.51. The molecule has 1 fully saturated rings. The highest BCUT2D eigenvalue weighted by atomic mass is 35.5. The number of anilines is 3. The molecule has 0 radical (unpaired) electrons. The third kappa shape index (κ3) is 4.36. The van der Waals surface area contributed by atoms with Crippen LogP contribution in [0.3, 0.4) is 0 Å². The highest BCUT2D eigenvalue weighted by Crippen LogP contribution is 2.25. The number of primary amides is 1. The van der Waals surface area contributed by atoms with E-state index in [9.17, 15) is 4.79 Å². The Labute approximate surface area is 170 Å². The van der Waals surface area contributed by atoms with Crippen molar-refractivity contribution in [2.45, 2.75) is 32.7 Å². The van der Waals surface area contributed by atoms with E-state index in [1.165, 1.54) is 5.69 Å². The number of carbonyl (C=O) groups is 1. The minimum atomic E-state index is -0.638. The van der Waals surface area contributed by atoms with Crippen LogP contribution in [-0.2, 0) is 6.42 Å². The monoisotopic (exact) mass is 402 g/mol. The number of aromatic nitrogens is 2. The van der Waals surface area contributed by atoms with Crippen LogP contribution in [0.25, 0.3) is 0 Å². The summed E-state index contributed by atoms with van der Waals surface area (Å²) in [5.74, 6) is -0.367. The molecule has 28 heavy (non-hydrogen) atoms. The van der Waals surface area contributed by atoms with Crippen molar-refractivity contribution in [1.29, 1.82) is 0 Å². The lowest BCUT2D eigenvalue weighted by atomic mass is 10.1. The Morgan fingerprint density at radius 1 is 1.25 bits per heavy atom. The van der Waals surface area contributed by atoms with Crippen molar-refractivity contribution in [2.24, 2.45) is 5.73 Å². The Kier molecular flexibility index (Phi) is 6.36. The van der Waals surface area contributed by atoms with Crippen LogP contribution in [0.15, 0.2) is 24.3 Å². The molecule has 3 rings (SSSR count). The fraction of sp³-hybridized carbons (Fsp3) is 0.450. The molecule has 2 aromatic rings. The Morgan fingerprint density at radius 2 is 1.96 bits per heavy atom. The number of likely N-dealkylation sites (N-methyl/N-ethyl adjacent to an activating group) is 1. The number of piperazine rings is 1. The first kappa shape index (κ1) is 20.4. The van der Waals surface area contributed by atoms with Gasteiger partial charge in [-0.15, -0.1) is 0 Å². The summed E-state index contributed by atoms with van der Waals surface area (Å²) < 4.78 is 0. The van der Waals surface area contributed by atoms with Crippen LogP contribution in [0, 0.1) is 0 Å². The van der Waals surface area contributed by atoms with Gasteiger partial charge >= 0.3 is 0 Å². The van der Waals surface area contributed by atoms with Crippen LogP contribution in [0.4, 0.5) is 17.2 Å². The van der Waals surface area contributed by atoms with Gasteiger partial charge < -0.3 is 16.0 Å². The molecule has 2 heterocycles. The average Bonchev–Trinajstić information content (AvgIpc) is 2.69. The summed E-state index contributed by atoms with van der Waals surface area (Å²) in [6, 6.07) is 8.63. The number of amides is 1. The zero-order valence-electron chi connectivity index (χ0n) is 16.6. The summed E-state index contributed by atoms with van der Waals surface area (Å²) in [4.78, 5) is 25.1. The molecule has 150 valence electrons. The van der Waals surface area contributed by atoms with E-state index in [0.29, 0.717) is 18.2 Å². The first-order chi connectivity index (χ1) is 13.4. The van der Waals surface area contributed by atoms with Crippen molar-refractivity contribution in [3.63, 3.8) is 0 Å². The molecule has 0 spiro atoms. The van der Waals surface area contributed by atoms with E-state index < -0.39 is 5.91 Å². The first-order valence-corrected chi connectivity index (χ1v) is 9.99. The summed E-state index contributed by atoms with van der Waals surface area (Å²) in [7, 11) is 2.19. The summed E-state index contributed by atoms with van der Waals surface area (Å²) in [6.07, 6.45) is 1.71. The fourth-order valence-corrected chi connectivity index (χ4v) is 3.71. The lowest BCUT2D eigenvalue weighted by Gasteiger charge is -2.40. The van der Waals surface area contributed by atoms with Crippen molar-refractivity contribution in [1.82, 2.24) is 14.9 Å². The van der Waals surface area contributed by atoms with Gasteiger partial charge in [0.25, 0.3) is 5.91 Å². The molecular weight excluding hydrogens is 376 g/mol. The average molecular weight is 403 g/mol. The molecule has 0 bridgehead atoms. The second kappa shape index (κ2) is 8.75. The van der Waals surface area contributed by atoms with Gasteiger partial charge in [-0.05, 0) is 44.2 Å². The molecule has 1 aliphatic heterocycles. The topological polar surface area (TPSA) is 87.4 Å². The molecule has 0 aliphatic carbocycles. The molecule has 1 aromatic carbocycles. The molecule has 3 N–H and O–H groups in total. The largest absolute Gasteiger partial charge is 0.369 e. The number of hydrogen-bond donors (Lipinski definition) is 2.